The predicted octanol–water partition coefficient (Wildman–Crippen LogP) is 3.21. The molecule has 0 unspecified atom stereocenters. The summed E-state index contributed by atoms with van der Waals surface area (Å²) in [6, 6.07) is 6.06. The number of carbonyl (C=O) groups excluding carboxylic acids is 1. The van der Waals surface area contributed by atoms with Crippen molar-refractivity contribution >= 4 is 46.0 Å². The van der Waals surface area contributed by atoms with Crippen molar-refractivity contribution in [3.05, 3.63) is 44.8 Å². The van der Waals surface area contributed by atoms with Crippen LogP contribution in [0.1, 0.15) is 18.9 Å². The Morgan fingerprint density at radius 1 is 1.40 bits per heavy atom. The largest absolute Gasteiger partial charge is 0.293 e. The minimum absolute atomic E-state index is 0.0284. The maximum atomic E-state index is 12.1. The lowest BCUT2D eigenvalue weighted by Crippen LogP contribution is -2.28. The molecular weight excluding hydrogens is 296 g/mol. The van der Waals surface area contributed by atoms with Crippen LogP contribution in [0.5, 0.6) is 0 Å². The van der Waals surface area contributed by atoms with Gasteiger partial charge in [0.05, 0.1) is 9.83 Å². The van der Waals surface area contributed by atoms with E-state index in [0.717, 1.165) is 12.0 Å². The number of nitrogens with zero attached hydrogens (tertiary/aromatic N) is 2. The lowest BCUT2D eigenvalue weighted by atomic mass is 10.2. The Kier molecular flexibility index (Phi) is 4.51. The molecule has 0 radical (unpaired) electrons. The normalized spacial score (nSPS) is 17.1. The van der Waals surface area contributed by atoms with Gasteiger partial charge in [-0.15, -0.1) is 0 Å². The quantitative estimate of drug-likeness (QED) is 0.370. The van der Waals surface area contributed by atoms with Crippen LogP contribution in [0.4, 0.5) is 5.69 Å². The van der Waals surface area contributed by atoms with E-state index in [1.807, 2.05) is 6.92 Å². The van der Waals surface area contributed by atoms with Crippen molar-refractivity contribution in [2.45, 2.75) is 13.3 Å². The van der Waals surface area contributed by atoms with Gasteiger partial charge in [0.1, 0.15) is 4.32 Å². The number of non-ortho nitro benzene ring substituents is 1. The number of benzene rings is 1. The van der Waals surface area contributed by atoms with Crippen LogP contribution in [0, 0.1) is 10.1 Å². The average molecular weight is 308 g/mol. The van der Waals surface area contributed by atoms with Gasteiger partial charge < -0.3 is 0 Å². The summed E-state index contributed by atoms with van der Waals surface area (Å²) < 4.78 is 0.560. The molecule has 1 aromatic rings. The Bertz CT molecular complexity index is 596. The minimum atomic E-state index is -0.454. The van der Waals surface area contributed by atoms with Crippen LogP contribution < -0.4 is 0 Å². The summed E-state index contributed by atoms with van der Waals surface area (Å²) in [5.74, 6) is -0.0970. The number of hydrogen-bond acceptors (Lipinski definition) is 5. The monoisotopic (exact) mass is 308 g/mol. The zero-order chi connectivity index (χ0) is 14.7. The summed E-state index contributed by atoms with van der Waals surface area (Å²) in [6.07, 6.45) is 2.55. The number of nitro groups is 1. The van der Waals surface area contributed by atoms with Gasteiger partial charge in [0.2, 0.25) is 0 Å². The molecule has 1 aliphatic rings. The molecule has 2 rings (SSSR count). The minimum Gasteiger partial charge on any atom is -0.293 e. The maximum Gasteiger partial charge on any atom is 0.269 e. The van der Waals surface area contributed by atoms with E-state index in [9.17, 15) is 14.9 Å². The lowest BCUT2D eigenvalue weighted by molar-refractivity contribution is -0.384. The second kappa shape index (κ2) is 6.15. The van der Waals surface area contributed by atoms with Crippen LogP contribution in [0.15, 0.2) is 29.2 Å². The summed E-state index contributed by atoms with van der Waals surface area (Å²) in [6.45, 7) is 2.60. The van der Waals surface area contributed by atoms with Gasteiger partial charge in [-0.25, -0.2) is 0 Å². The van der Waals surface area contributed by atoms with Crippen molar-refractivity contribution in [2.75, 3.05) is 6.54 Å². The summed E-state index contributed by atoms with van der Waals surface area (Å²) in [7, 11) is 0. The molecule has 0 aromatic heterocycles. The third-order valence-electron chi connectivity index (χ3n) is 2.72. The van der Waals surface area contributed by atoms with Crippen molar-refractivity contribution in [1.29, 1.82) is 0 Å². The topological polar surface area (TPSA) is 63.5 Å². The molecule has 5 nitrogen and oxygen atoms in total. The lowest BCUT2D eigenvalue weighted by Gasteiger charge is -2.11. The highest BCUT2D eigenvalue weighted by Crippen LogP contribution is 2.32. The second-order valence-corrected chi connectivity index (χ2v) is 5.86. The number of hydrogen-bond donors (Lipinski definition) is 0. The number of amides is 1. The van der Waals surface area contributed by atoms with Crippen LogP contribution in [0.25, 0.3) is 6.08 Å². The number of thiocarbonyl (C=S) groups is 1. The van der Waals surface area contributed by atoms with Crippen molar-refractivity contribution < 1.29 is 9.72 Å². The summed E-state index contributed by atoms with van der Waals surface area (Å²) in [5, 5.41) is 10.6. The second-order valence-electron chi connectivity index (χ2n) is 4.18. The molecule has 20 heavy (non-hydrogen) atoms. The molecule has 0 bridgehead atoms. The molecule has 104 valence electrons. The smallest absolute Gasteiger partial charge is 0.269 e. The van der Waals surface area contributed by atoms with Crippen molar-refractivity contribution in [2.24, 2.45) is 0 Å². The number of carbonyl (C=O) groups is 1. The zero-order valence-corrected chi connectivity index (χ0v) is 12.4. The predicted molar refractivity (Wildman–Crippen MR) is 83.3 cm³/mol. The molecule has 0 spiro atoms. The molecule has 7 heteroatoms. The third-order valence-corrected chi connectivity index (χ3v) is 4.10. The Balaban J connectivity index is 2.21. The molecule has 0 saturated carbocycles. The highest BCUT2D eigenvalue weighted by atomic mass is 32.2. The Hall–Kier alpha value is -1.73. The van der Waals surface area contributed by atoms with E-state index in [1.165, 1.54) is 23.9 Å². The van der Waals surface area contributed by atoms with Crippen molar-refractivity contribution in [1.82, 2.24) is 4.90 Å². The molecule has 0 atom stereocenters. The first-order chi connectivity index (χ1) is 9.52. The van der Waals surface area contributed by atoms with Gasteiger partial charge in [-0.1, -0.05) is 30.9 Å². The van der Waals surface area contributed by atoms with E-state index >= 15 is 0 Å². The van der Waals surface area contributed by atoms with Gasteiger partial charge in [-0.2, -0.15) is 0 Å². The van der Waals surface area contributed by atoms with Crippen LogP contribution in [-0.2, 0) is 4.79 Å². The Morgan fingerprint density at radius 3 is 2.60 bits per heavy atom. The standard InChI is InChI=1S/C13H12N2O3S2/c1-2-7-14-12(16)11(20-13(14)19)8-9-3-5-10(6-4-9)15(17)18/h3-6,8H,2,7H2,1H3/b11-8+. The van der Waals surface area contributed by atoms with Gasteiger partial charge in [0.25, 0.3) is 11.6 Å². The maximum absolute atomic E-state index is 12.1. The van der Waals surface area contributed by atoms with E-state index < -0.39 is 4.92 Å². The summed E-state index contributed by atoms with van der Waals surface area (Å²) in [4.78, 5) is 24.4. The number of nitro benzene ring substituents is 1. The Morgan fingerprint density at radius 2 is 2.05 bits per heavy atom. The molecule has 1 saturated heterocycles. The van der Waals surface area contributed by atoms with E-state index in [-0.39, 0.29) is 11.6 Å². The van der Waals surface area contributed by atoms with Gasteiger partial charge in [0.15, 0.2) is 0 Å². The van der Waals surface area contributed by atoms with Gasteiger partial charge in [0, 0.05) is 18.7 Å². The molecule has 1 amide bonds. The van der Waals surface area contributed by atoms with Gasteiger partial charge in [-0.05, 0) is 30.2 Å². The zero-order valence-electron chi connectivity index (χ0n) is 10.7. The highest BCUT2D eigenvalue weighted by molar-refractivity contribution is 8.26. The van der Waals surface area contributed by atoms with Crippen LogP contribution in [0.3, 0.4) is 0 Å². The summed E-state index contributed by atoms with van der Waals surface area (Å²) >= 11 is 6.43. The van der Waals surface area contributed by atoms with Crippen LogP contribution in [-0.4, -0.2) is 26.6 Å². The molecule has 1 heterocycles. The fourth-order valence-electron chi connectivity index (χ4n) is 1.76. The summed E-state index contributed by atoms with van der Waals surface area (Å²) in [5.41, 5.74) is 0.772. The van der Waals surface area contributed by atoms with E-state index in [2.05, 4.69) is 0 Å². The van der Waals surface area contributed by atoms with Crippen molar-refractivity contribution in [3.63, 3.8) is 0 Å². The van der Waals surface area contributed by atoms with Gasteiger partial charge >= 0.3 is 0 Å². The number of rotatable bonds is 4. The van der Waals surface area contributed by atoms with E-state index in [0.29, 0.717) is 15.8 Å². The molecule has 1 fully saturated rings. The van der Waals surface area contributed by atoms with Gasteiger partial charge in [-0.3, -0.25) is 19.8 Å². The van der Waals surface area contributed by atoms with Crippen molar-refractivity contribution in [3.8, 4) is 0 Å². The van der Waals surface area contributed by atoms with Crippen LogP contribution >= 0.6 is 24.0 Å². The molecule has 0 aliphatic carbocycles. The first-order valence-corrected chi connectivity index (χ1v) is 7.25. The number of thioether (sulfide) groups is 1. The first kappa shape index (κ1) is 14.7. The van der Waals surface area contributed by atoms with Crippen LogP contribution in [0.2, 0.25) is 0 Å². The van der Waals surface area contributed by atoms with E-state index in [4.69, 9.17) is 12.2 Å². The molecule has 1 aliphatic heterocycles. The van der Waals surface area contributed by atoms with E-state index in [1.54, 1.807) is 23.1 Å². The molecule has 0 N–H and O–H groups in total. The SMILES string of the molecule is CCCN1C(=O)/C(=C\c2ccc([N+](=O)[O-])cc2)SC1=S. The average Bonchev–Trinajstić information content (AvgIpc) is 2.67. The molecule has 1 aromatic carbocycles. The highest BCUT2D eigenvalue weighted by Gasteiger charge is 2.31. The fraction of sp³-hybridized carbons (Fsp3) is 0.231. The molecular formula is C13H12N2O3S2. The third kappa shape index (κ3) is 3.05. The Labute approximate surface area is 125 Å². The fourth-order valence-corrected chi connectivity index (χ4v) is 3.07. The first-order valence-electron chi connectivity index (χ1n) is 6.02.